The number of hydrogen-bond acceptors (Lipinski definition) is 3. The van der Waals surface area contributed by atoms with Gasteiger partial charge >= 0.3 is 0 Å². The molecule has 1 heterocycles. The Balaban J connectivity index is 2.27. The molecule has 15 heavy (non-hydrogen) atoms. The van der Waals surface area contributed by atoms with E-state index in [0.717, 1.165) is 12.8 Å². The summed E-state index contributed by atoms with van der Waals surface area (Å²) in [4.78, 5) is 12.0. The Hall–Kier alpha value is -0.840. The van der Waals surface area contributed by atoms with Gasteiger partial charge in [0.2, 0.25) is 0 Å². The molecule has 2 bridgehead atoms. The van der Waals surface area contributed by atoms with Crippen molar-refractivity contribution in [3.05, 3.63) is 10.5 Å². The molecule has 2 unspecified atom stereocenters. The van der Waals surface area contributed by atoms with Crippen LogP contribution in [0.4, 0.5) is 0 Å². The van der Waals surface area contributed by atoms with E-state index < -0.39 is 10.0 Å². The monoisotopic (exact) mass is 227 g/mol. The molecule has 3 rings (SSSR count). The van der Waals surface area contributed by atoms with Crippen LogP contribution in [0.2, 0.25) is 0 Å². The van der Waals surface area contributed by atoms with E-state index in [1.54, 1.807) is 0 Å². The third kappa shape index (κ3) is 0.880. The molecule has 1 N–H and O–H groups in total. The minimum atomic E-state index is -3.49. The van der Waals surface area contributed by atoms with E-state index >= 15 is 0 Å². The van der Waals surface area contributed by atoms with Crippen LogP contribution >= 0.6 is 0 Å². The van der Waals surface area contributed by atoms with E-state index in [9.17, 15) is 13.2 Å². The zero-order valence-electron chi connectivity index (χ0n) is 8.70. The van der Waals surface area contributed by atoms with E-state index in [0.29, 0.717) is 10.5 Å². The molecule has 0 radical (unpaired) electrons. The van der Waals surface area contributed by atoms with Crippen LogP contribution in [-0.2, 0) is 14.8 Å². The fourth-order valence-electron chi connectivity index (χ4n) is 3.50. The van der Waals surface area contributed by atoms with Crippen LogP contribution in [0.1, 0.15) is 26.7 Å². The third-order valence-corrected chi connectivity index (χ3v) is 5.77. The van der Waals surface area contributed by atoms with E-state index in [-0.39, 0.29) is 23.2 Å². The lowest BCUT2D eigenvalue weighted by Gasteiger charge is -2.26. The summed E-state index contributed by atoms with van der Waals surface area (Å²) in [5.41, 5.74) is 0.492. The van der Waals surface area contributed by atoms with Crippen molar-refractivity contribution in [2.24, 2.45) is 17.3 Å². The first kappa shape index (κ1) is 9.39. The SMILES string of the molecule is CC1(C)C2CCC1C1=C2C(=O)NS1(=O)=O. The summed E-state index contributed by atoms with van der Waals surface area (Å²) < 4.78 is 25.6. The summed E-state index contributed by atoms with van der Waals surface area (Å²) >= 11 is 0. The number of nitrogens with one attached hydrogen (secondary N) is 1. The van der Waals surface area contributed by atoms with Gasteiger partial charge in [0.25, 0.3) is 15.9 Å². The molecule has 0 spiro atoms. The summed E-state index contributed by atoms with van der Waals surface area (Å²) in [6, 6.07) is 0. The molecule has 4 nitrogen and oxygen atoms in total. The van der Waals surface area contributed by atoms with Gasteiger partial charge in [-0.2, -0.15) is 0 Å². The zero-order chi connectivity index (χ0) is 11.0. The number of carbonyl (C=O) groups is 1. The molecule has 0 aromatic rings. The summed E-state index contributed by atoms with van der Waals surface area (Å²) in [5.74, 6) is -0.207. The molecule has 2 atom stereocenters. The Kier molecular flexibility index (Phi) is 1.43. The maximum absolute atomic E-state index is 11.7. The molecular weight excluding hydrogens is 214 g/mol. The Bertz CT molecular complexity index is 501. The largest absolute Gasteiger partial charge is 0.269 e. The summed E-state index contributed by atoms with van der Waals surface area (Å²) in [6.07, 6.45) is 1.84. The van der Waals surface area contributed by atoms with Crippen LogP contribution in [0.15, 0.2) is 10.5 Å². The molecule has 0 saturated heterocycles. The summed E-state index contributed by atoms with van der Waals surface area (Å²) in [7, 11) is -3.49. The van der Waals surface area contributed by atoms with Crippen LogP contribution in [0.5, 0.6) is 0 Å². The molecule has 82 valence electrons. The van der Waals surface area contributed by atoms with E-state index in [4.69, 9.17) is 0 Å². The smallest absolute Gasteiger partial charge is 0.262 e. The predicted molar refractivity (Wildman–Crippen MR) is 54.1 cm³/mol. The number of fused-ring (bicyclic) bond motifs is 4. The van der Waals surface area contributed by atoms with Crippen LogP contribution in [-0.4, -0.2) is 14.3 Å². The Morgan fingerprint density at radius 2 is 1.87 bits per heavy atom. The van der Waals surface area contributed by atoms with Crippen molar-refractivity contribution in [2.45, 2.75) is 26.7 Å². The highest BCUT2D eigenvalue weighted by molar-refractivity contribution is 7.94. The topological polar surface area (TPSA) is 63.2 Å². The van der Waals surface area contributed by atoms with Gasteiger partial charge in [-0.1, -0.05) is 13.8 Å². The maximum atomic E-state index is 11.7. The summed E-state index contributed by atoms with van der Waals surface area (Å²) in [5, 5.41) is 0. The minimum Gasteiger partial charge on any atom is -0.269 e. The number of sulfonamides is 1. The Morgan fingerprint density at radius 3 is 2.47 bits per heavy atom. The zero-order valence-corrected chi connectivity index (χ0v) is 9.52. The first-order valence-corrected chi connectivity index (χ1v) is 6.65. The number of amides is 1. The van der Waals surface area contributed by atoms with Crippen LogP contribution < -0.4 is 4.72 Å². The lowest BCUT2D eigenvalue weighted by Crippen LogP contribution is -2.32. The molecule has 1 amide bonds. The highest BCUT2D eigenvalue weighted by Gasteiger charge is 2.60. The fraction of sp³-hybridized carbons (Fsp3) is 0.700. The fourth-order valence-corrected chi connectivity index (χ4v) is 5.28. The van der Waals surface area contributed by atoms with Crippen LogP contribution in [0, 0.1) is 17.3 Å². The molecule has 2 aliphatic carbocycles. The van der Waals surface area contributed by atoms with Gasteiger partial charge < -0.3 is 0 Å². The van der Waals surface area contributed by atoms with Crippen molar-refractivity contribution in [2.75, 3.05) is 0 Å². The predicted octanol–water partition coefficient (Wildman–Crippen LogP) is 0.766. The average molecular weight is 227 g/mol. The lowest BCUT2D eigenvalue weighted by molar-refractivity contribution is -0.116. The van der Waals surface area contributed by atoms with Crippen molar-refractivity contribution in [1.29, 1.82) is 0 Å². The summed E-state index contributed by atoms with van der Waals surface area (Å²) in [6.45, 7) is 4.13. The Morgan fingerprint density at radius 1 is 1.27 bits per heavy atom. The quantitative estimate of drug-likeness (QED) is 0.664. The normalized spacial score (nSPS) is 39.5. The molecule has 0 aromatic heterocycles. The van der Waals surface area contributed by atoms with Crippen molar-refractivity contribution in [3.8, 4) is 0 Å². The van der Waals surface area contributed by atoms with E-state index in [2.05, 4.69) is 18.6 Å². The average Bonchev–Trinajstić information content (AvgIpc) is 2.60. The maximum Gasteiger partial charge on any atom is 0.262 e. The van der Waals surface area contributed by atoms with Crippen molar-refractivity contribution < 1.29 is 13.2 Å². The van der Waals surface area contributed by atoms with Gasteiger partial charge in [-0.15, -0.1) is 0 Å². The molecule has 3 aliphatic rings. The first-order valence-electron chi connectivity index (χ1n) is 5.17. The number of rotatable bonds is 0. The van der Waals surface area contributed by atoms with Crippen molar-refractivity contribution in [1.82, 2.24) is 4.72 Å². The van der Waals surface area contributed by atoms with Gasteiger partial charge in [-0.25, -0.2) is 13.1 Å². The molecule has 0 aromatic carbocycles. The molecule has 1 fully saturated rings. The van der Waals surface area contributed by atoms with Gasteiger partial charge in [0.05, 0.1) is 4.91 Å². The van der Waals surface area contributed by atoms with Gasteiger partial charge in [-0.3, -0.25) is 4.79 Å². The Labute approximate surface area is 88.8 Å². The second-order valence-electron chi connectivity index (χ2n) is 5.22. The highest BCUT2D eigenvalue weighted by Crippen LogP contribution is 2.62. The molecule has 1 aliphatic heterocycles. The van der Waals surface area contributed by atoms with E-state index in [1.807, 2.05) is 0 Å². The molecule has 5 heteroatoms. The second kappa shape index (κ2) is 2.29. The van der Waals surface area contributed by atoms with Crippen molar-refractivity contribution >= 4 is 15.9 Å². The number of allylic oxidation sites excluding steroid dienone is 1. The van der Waals surface area contributed by atoms with Crippen LogP contribution in [0.3, 0.4) is 0 Å². The number of carbonyl (C=O) groups excluding carboxylic acids is 1. The minimum absolute atomic E-state index is 0.0430. The number of hydrogen-bond donors (Lipinski definition) is 1. The second-order valence-corrected chi connectivity index (χ2v) is 6.87. The lowest BCUT2D eigenvalue weighted by atomic mass is 9.79. The van der Waals surface area contributed by atoms with E-state index in [1.165, 1.54) is 0 Å². The van der Waals surface area contributed by atoms with Gasteiger partial charge in [0.15, 0.2) is 0 Å². The first-order chi connectivity index (χ1) is 6.86. The highest BCUT2D eigenvalue weighted by atomic mass is 32.2. The van der Waals surface area contributed by atoms with Gasteiger partial charge in [-0.05, 0) is 24.2 Å². The van der Waals surface area contributed by atoms with Gasteiger partial charge in [0, 0.05) is 11.5 Å². The molecule has 1 saturated carbocycles. The van der Waals surface area contributed by atoms with Gasteiger partial charge in [0.1, 0.15) is 0 Å². The molecular formula is C10H13NO3S. The standard InChI is InChI=1S/C10H13NO3S/c1-10(2)5-3-4-6(10)8-7(5)9(12)11-15(8,13)14/h5-6H,3-4H2,1-2H3,(H,11,12). The third-order valence-electron chi connectivity index (χ3n) is 4.23. The van der Waals surface area contributed by atoms with Crippen molar-refractivity contribution in [3.63, 3.8) is 0 Å². The van der Waals surface area contributed by atoms with Crippen LogP contribution in [0.25, 0.3) is 0 Å².